The molecule has 0 heterocycles. The van der Waals surface area contributed by atoms with Gasteiger partial charge in [-0.1, -0.05) is 6.92 Å². The van der Waals surface area contributed by atoms with Crippen molar-refractivity contribution in [3.8, 4) is 11.5 Å². The molecule has 100 valence electrons. The lowest BCUT2D eigenvalue weighted by atomic mass is 10.2. The van der Waals surface area contributed by atoms with Crippen molar-refractivity contribution in [1.29, 1.82) is 0 Å². The predicted octanol–water partition coefficient (Wildman–Crippen LogP) is 3.79. The second kappa shape index (κ2) is 8.43. The van der Waals surface area contributed by atoms with Crippen molar-refractivity contribution in [1.82, 2.24) is 0 Å². The minimum Gasteiger partial charge on any atom is -0.490 e. The fourth-order valence-electron chi connectivity index (χ4n) is 1.41. The van der Waals surface area contributed by atoms with Crippen LogP contribution in [0.25, 0.3) is 0 Å². The highest BCUT2D eigenvalue weighted by atomic mass is 79.9. The molecule has 1 aromatic carbocycles. The second-order valence-electron chi connectivity index (χ2n) is 3.43. The van der Waals surface area contributed by atoms with Crippen LogP contribution in [0.1, 0.15) is 24.2 Å². The van der Waals surface area contributed by atoms with Gasteiger partial charge in [-0.15, -0.1) is 0 Å². The van der Waals surface area contributed by atoms with E-state index in [0.29, 0.717) is 30.3 Å². The van der Waals surface area contributed by atoms with Gasteiger partial charge in [0.1, 0.15) is 6.29 Å². The average molecular weight is 333 g/mol. The smallest absolute Gasteiger partial charge is 0.175 e. The standard InChI is InChI=1S/C13H17BrO3S/c1-3-16-12-8-10(9-15)7-11(14)13(12)17-5-6-18-4-2/h7-9H,3-6H2,1-2H3. The predicted molar refractivity (Wildman–Crippen MR) is 79.2 cm³/mol. The fourth-order valence-corrected chi connectivity index (χ4v) is 2.47. The minimum atomic E-state index is 0.537. The van der Waals surface area contributed by atoms with Crippen molar-refractivity contribution < 1.29 is 14.3 Å². The summed E-state index contributed by atoms with van der Waals surface area (Å²) in [5, 5.41) is 0. The van der Waals surface area contributed by atoms with Crippen LogP contribution in [-0.2, 0) is 0 Å². The number of rotatable bonds is 8. The Morgan fingerprint density at radius 1 is 1.33 bits per heavy atom. The van der Waals surface area contributed by atoms with E-state index in [1.807, 2.05) is 18.7 Å². The summed E-state index contributed by atoms with van der Waals surface area (Å²) in [4.78, 5) is 10.8. The summed E-state index contributed by atoms with van der Waals surface area (Å²) < 4.78 is 12.0. The third-order valence-corrected chi connectivity index (χ3v) is 3.60. The molecule has 0 bridgehead atoms. The maximum atomic E-state index is 10.8. The van der Waals surface area contributed by atoms with Crippen molar-refractivity contribution in [2.24, 2.45) is 0 Å². The zero-order valence-corrected chi connectivity index (χ0v) is 13.0. The minimum absolute atomic E-state index is 0.537. The van der Waals surface area contributed by atoms with E-state index < -0.39 is 0 Å². The van der Waals surface area contributed by atoms with Gasteiger partial charge in [0, 0.05) is 11.3 Å². The number of hydrogen-bond donors (Lipinski definition) is 0. The highest BCUT2D eigenvalue weighted by Gasteiger charge is 2.11. The van der Waals surface area contributed by atoms with Gasteiger partial charge in [0.25, 0.3) is 0 Å². The first-order chi connectivity index (χ1) is 8.72. The van der Waals surface area contributed by atoms with Crippen LogP contribution in [0.5, 0.6) is 11.5 Å². The first kappa shape index (κ1) is 15.4. The second-order valence-corrected chi connectivity index (χ2v) is 5.67. The summed E-state index contributed by atoms with van der Waals surface area (Å²) in [5.41, 5.74) is 0.570. The molecular weight excluding hydrogens is 316 g/mol. The number of hydrogen-bond acceptors (Lipinski definition) is 4. The molecular formula is C13H17BrO3S. The number of halogens is 1. The number of thioether (sulfide) groups is 1. The largest absolute Gasteiger partial charge is 0.490 e. The lowest BCUT2D eigenvalue weighted by molar-refractivity contribution is 0.112. The van der Waals surface area contributed by atoms with E-state index in [-0.39, 0.29) is 0 Å². The summed E-state index contributed by atoms with van der Waals surface area (Å²) in [5.74, 6) is 3.28. The molecule has 0 amide bonds. The van der Waals surface area contributed by atoms with Crippen LogP contribution in [0, 0.1) is 0 Å². The first-order valence-electron chi connectivity index (χ1n) is 5.85. The zero-order valence-electron chi connectivity index (χ0n) is 10.6. The van der Waals surface area contributed by atoms with Gasteiger partial charge in [0.2, 0.25) is 0 Å². The highest BCUT2D eigenvalue weighted by Crippen LogP contribution is 2.36. The van der Waals surface area contributed by atoms with E-state index in [1.54, 1.807) is 12.1 Å². The number of benzene rings is 1. The molecule has 0 saturated heterocycles. The summed E-state index contributed by atoms with van der Waals surface area (Å²) in [6.45, 7) is 5.18. The van der Waals surface area contributed by atoms with Gasteiger partial charge < -0.3 is 9.47 Å². The Hall–Kier alpha value is -0.680. The number of carbonyl (C=O) groups is 1. The number of carbonyl (C=O) groups excluding carboxylic acids is 1. The zero-order chi connectivity index (χ0) is 13.4. The molecule has 1 rings (SSSR count). The normalized spacial score (nSPS) is 10.2. The Bertz CT molecular complexity index is 396. The van der Waals surface area contributed by atoms with Gasteiger partial charge in [-0.05, 0) is 40.7 Å². The van der Waals surface area contributed by atoms with Crippen molar-refractivity contribution >= 4 is 34.0 Å². The molecule has 0 radical (unpaired) electrons. The molecule has 0 unspecified atom stereocenters. The van der Waals surface area contributed by atoms with Crippen LogP contribution in [-0.4, -0.2) is 31.0 Å². The van der Waals surface area contributed by atoms with Gasteiger partial charge in [0.05, 0.1) is 17.7 Å². The van der Waals surface area contributed by atoms with Crippen LogP contribution >= 0.6 is 27.7 Å². The molecule has 0 saturated carbocycles. The molecule has 0 aromatic heterocycles. The van der Waals surface area contributed by atoms with E-state index in [4.69, 9.17) is 9.47 Å². The quantitative estimate of drug-likeness (QED) is 0.536. The Labute approximate surface area is 120 Å². The Balaban J connectivity index is 2.82. The summed E-state index contributed by atoms with van der Waals surface area (Å²) in [6.07, 6.45) is 0.796. The van der Waals surface area contributed by atoms with Crippen LogP contribution in [0.2, 0.25) is 0 Å². The van der Waals surface area contributed by atoms with Crippen LogP contribution < -0.4 is 9.47 Å². The van der Waals surface area contributed by atoms with Gasteiger partial charge in [-0.3, -0.25) is 4.79 Å². The van der Waals surface area contributed by atoms with Gasteiger partial charge >= 0.3 is 0 Å². The Morgan fingerprint density at radius 3 is 2.72 bits per heavy atom. The van der Waals surface area contributed by atoms with Crippen molar-refractivity contribution in [3.63, 3.8) is 0 Å². The fraction of sp³-hybridized carbons (Fsp3) is 0.462. The van der Waals surface area contributed by atoms with Crippen molar-refractivity contribution in [3.05, 3.63) is 22.2 Å². The highest BCUT2D eigenvalue weighted by molar-refractivity contribution is 9.10. The van der Waals surface area contributed by atoms with Gasteiger partial charge in [0.15, 0.2) is 11.5 Å². The molecule has 1 aromatic rings. The molecule has 0 fully saturated rings. The molecule has 0 spiro atoms. The molecule has 0 aliphatic heterocycles. The van der Waals surface area contributed by atoms with Crippen molar-refractivity contribution in [2.45, 2.75) is 13.8 Å². The monoisotopic (exact) mass is 332 g/mol. The Morgan fingerprint density at radius 2 is 2.11 bits per heavy atom. The van der Waals surface area contributed by atoms with Crippen molar-refractivity contribution in [2.75, 3.05) is 24.7 Å². The SMILES string of the molecule is CCOc1cc(C=O)cc(Br)c1OCCSCC. The van der Waals surface area contributed by atoms with Gasteiger partial charge in [-0.2, -0.15) is 11.8 Å². The third kappa shape index (κ3) is 4.53. The van der Waals surface area contributed by atoms with E-state index in [9.17, 15) is 4.79 Å². The van der Waals surface area contributed by atoms with Crippen LogP contribution in [0.4, 0.5) is 0 Å². The molecule has 0 aliphatic rings. The van der Waals surface area contributed by atoms with E-state index in [0.717, 1.165) is 22.3 Å². The maximum Gasteiger partial charge on any atom is 0.175 e. The van der Waals surface area contributed by atoms with E-state index >= 15 is 0 Å². The summed E-state index contributed by atoms with van der Waals surface area (Å²) in [6, 6.07) is 3.43. The maximum absolute atomic E-state index is 10.8. The molecule has 0 aliphatic carbocycles. The van der Waals surface area contributed by atoms with E-state index in [1.165, 1.54) is 0 Å². The summed E-state index contributed by atoms with van der Waals surface area (Å²) in [7, 11) is 0. The van der Waals surface area contributed by atoms with E-state index in [2.05, 4.69) is 22.9 Å². The van der Waals surface area contributed by atoms with Gasteiger partial charge in [-0.25, -0.2) is 0 Å². The molecule has 5 heteroatoms. The summed E-state index contributed by atoms with van der Waals surface area (Å²) >= 11 is 5.23. The molecule has 0 atom stereocenters. The van der Waals surface area contributed by atoms with Crippen LogP contribution in [0.15, 0.2) is 16.6 Å². The topological polar surface area (TPSA) is 35.5 Å². The lowest BCUT2D eigenvalue weighted by Crippen LogP contribution is -2.04. The Kier molecular flexibility index (Phi) is 7.20. The molecule has 3 nitrogen and oxygen atoms in total. The third-order valence-electron chi connectivity index (χ3n) is 2.15. The first-order valence-corrected chi connectivity index (χ1v) is 7.79. The average Bonchev–Trinajstić information content (AvgIpc) is 2.37. The molecule has 0 N–H and O–H groups in total. The van der Waals surface area contributed by atoms with Crippen LogP contribution in [0.3, 0.4) is 0 Å². The molecule has 18 heavy (non-hydrogen) atoms. The number of aldehydes is 1. The number of ether oxygens (including phenoxy) is 2. The lowest BCUT2D eigenvalue weighted by Gasteiger charge is -2.14.